The Labute approximate surface area is 320 Å². The van der Waals surface area contributed by atoms with E-state index in [0.717, 1.165) is 5.39 Å². The molecule has 5 atom stereocenters. The van der Waals surface area contributed by atoms with Crippen molar-refractivity contribution in [3.05, 3.63) is 30.5 Å². The quantitative estimate of drug-likeness (QED) is 0.221. The highest BCUT2D eigenvalue weighted by atomic mass is 32.2. The highest BCUT2D eigenvalue weighted by Gasteiger charge is 2.61. The summed E-state index contributed by atoms with van der Waals surface area (Å²) in [5.74, 6) is -6.47. The third-order valence-electron chi connectivity index (χ3n) is 11.3. The van der Waals surface area contributed by atoms with Crippen molar-refractivity contribution in [2.75, 3.05) is 13.7 Å². The average Bonchev–Trinajstić information content (AvgIpc) is 4.02. The maximum Gasteiger partial charge on any atom is 0.362 e. The molecule has 4 aliphatic rings. The molecule has 1 aliphatic heterocycles. The van der Waals surface area contributed by atoms with Crippen LogP contribution in [-0.4, -0.2) is 85.3 Å². The Bertz CT molecular complexity index is 1910. The number of pyridine rings is 1. The molecule has 1 aromatic heterocycles. The Balaban J connectivity index is 1.29. The van der Waals surface area contributed by atoms with Crippen molar-refractivity contribution in [1.29, 1.82) is 0 Å². The van der Waals surface area contributed by atoms with Crippen LogP contribution in [-0.2, 0) is 38.4 Å². The summed E-state index contributed by atoms with van der Waals surface area (Å²) in [6.45, 7) is 6.82. The van der Waals surface area contributed by atoms with Gasteiger partial charge in [-0.15, -0.1) is 0 Å². The molecule has 13 nitrogen and oxygen atoms in total. The van der Waals surface area contributed by atoms with Crippen molar-refractivity contribution < 1.29 is 54.8 Å². The Kier molecular flexibility index (Phi) is 11.5. The van der Waals surface area contributed by atoms with Gasteiger partial charge in [-0.25, -0.2) is 18.5 Å². The van der Waals surface area contributed by atoms with Crippen LogP contribution in [0.2, 0.25) is 0 Å². The molecule has 1 N–H and O–H groups in total. The predicted molar refractivity (Wildman–Crippen MR) is 195 cm³/mol. The van der Waals surface area contributed by atoms with E-state index in [1.54, 1.807) is 52.3 Å². The number of hydrogen-bond acceptors (Lipinski definition) is 11. The first-order valence-electron chi connectivity index (χ1n) is 19.1. The molecule has 4 fully saturated rings. The Morgan fingerprint density at radius 2 is 1.76 bits per heavy atom. The van der Waals surface area contributed by atoms with Gasteiger partial charge in [0.1, 0.15) is 17.5 Å². The zero-order valence-electron chi connectivity index (χ0n) is 32.0. The summed E-state index contributed by atoms with van der Waals surface area (Å²) in [7, 11) is -2.85. The molecule has 2 amide bonds. The van der Waals surface area contributed by atoms with Crippen LogP contribution in [0.15, 0.2) is 30.5 Å². The van der Waals surface area contributed by atoms with Crippen molar-refractivity contribution >= 4 is 44.6 Å². The minimum absolute atomic E-state index is 0.000831. The molecule has 16 heteroatoms. The number of aromatic nitrogens is 1. The van der Waals surface area contributed by atoms with Crippen LogP contribution in [0, 0.1) is 23.2 Å². The SMILES string of the molecule is CC[C@@H]1C[C@]1(CC(=O)[C@@H]1C[C@@H](Oc2nccc3cc(OC)ccc23)CN1C(=O)[C@H](CC(=O)OC(C)(C)C)C1CCC(F)(F)CC1)C(=O)NS(=O)(=O)OC1CC1. The molecule has 0 spiro atoms. The third kappa shape index (κ3) is 9.73. The zero-order valence-corrected chi connectivity index (χ0v) is 32.8. The van der Waals surface area contributed by atoms with Gasteiger partial charge in [-0.2, -0.15) is 8.42 Å². The van der Waals surface area contributed by atoms with E-state index >= 15 is 0 Å². The van der Waals surface area contributed by atoms with Crippen LogP contribution < -0.4 is 14.2 Å². The molecular weight excluding hydrogens is 741 g/mol. The normalized spacial score (nSPS) is 25.9. The first-order valence-corrected chi connectivity index (χ1v) is 20.5. The molecule has 0 radical (unpaired) electrons. The summed E-state index contributed by atoms with van der Waals surface area (Å²) in [5.41, 5.74) is -2.20. The molecule has 3 saturated carbocycles. The smallest absolute Gasteiger partial charge is 0.362 e. The van der Waals surface area contributed by atoms with Gasteiger partial charge in [-0.05, 0) is 94.4 Å². The van der Waals surface area contributed by atoms with E-state index in [2.05, 4.69) is 4.98 Å². The fourth-order valence-corrected chi connectivity index (χ4v) is 9.17. The maximum absolute atomic E-state index is 14.8. The van der Waals surface area contributed by atoms with E-state index in [4.69, 9.17) is 18.4 Å². The number of hydrogen-bond donors (Lipinski definition) is 1. The minimum Gasteiger partial charge on any atom is -0.497 e. The molecule has 55 heavy (non-hydrogen) atoms. The Morgan fingerprint density at radius 3 is 2.38 bits per heavy atom. The van der Waals surface area contributed by atoms with Gasteiger partial charge in [0.15, 0.2) is 5.78 Å². The van der Waals surface area contributed by atoms with E-state index in [1.165, 1.54) is 4.90 Å². The fraction of sp³-hybridized carbons (Fsp3) is 0.667. The lowest BCUT2D eigenvalue weighted by Crippen LogP contribution is -2.48. The monoisotopic (exact) mass is 791 g/mol. The number of likely N-dealkylation sites (tertiary alicyclic amines) is 1. The van der Waals surface area contributed by atoms with Crippen molar-refractivity contribution in [3.63, 3.8) is 0 Å². The molecule has 302 valence electrons. The summed E-state index contributed by atoms with van der Waals surface area (Å²) >= 11 is 0. The number of nitrogens with zero attached hydrogens (tertiary/aromatic N) is 2. The number of benzene rings is 1. The van der Waals surface area contributed by atoms with Crippen LogP contribution in [0.5, 0.6) is 11.6 Å². The number of methoxy groups -OCH3 is 1. The van der Waals surface area contributed by atoms with Gasteiger partial charge in [0.05, 0.1) is 43.6 Å². The molecular formula is C39H51F2N3O10S. The number of amides is 2. The van der Waals surface area contributed by atoms with E-state index in [9.17, 15) is 36.4 Å². The summed E-state index contributed by atoms with van der Waals surface area (Å²) in [5, 5.41) is 1.44. The second kappa shape index (κ2) is 15.5. The van der Waals surface area contributed by atoms with Crippen LogP contribution in [0.25, 0.3) is 10.8 Å². The molecule has 0 unspecified atom stereocenters. The van der Waals surface area contributed by atoms with Crippen molar-refractivity contribution in [2.24, 2.45) is 23.2 Å². The van der Waals surface area contributed by atoms with Crippen LogP contribution in [0.3, 0.4) is 0 Å². The lowest BCUT2D eigenvalue weighted by atomic mass is 9.76. The Hall–Kier alpha value is -3.92. The van der Waals surface area contributed by atoms with E-state index < -0.39 is 93.7 Å². The summed E-state index contributed by atoms with van der Waals surface area (Å²) in [6.07, 6.45) is 0.631. The van der Waals surface area contributed by atoms with Gasteiger partial charge in [0.2, 0.25) is 23.6 Å². The summed E-state index contributed by atoms with van der Waals surface area (Å²) in [6, 6.07) is 6.02. The van der Waals surface area contributed by atoms with Crippen LogP contribution in [0.4, 0.5) is 8.78 Å². The molecule has 6 rings (SSSR count). The lowest BCUT2D eigenvalue weighted by molar-refractivity contribution is -0.160. The van der Waals surface area contributed by atoms with Gasteiger partial charge in [0, 0.05) is 37.3 Å². The predicted octanol–water partition coefficient (Wildman–Crippen LogP) is 5.68. The van der Waals surface area contributed by atoms with E-state index in [1.807, 2.05) is 17.7 Å². The van der Waals surface area contributed by atoms with Crippen LogP contribution >= 0.6 is 0 Å². The highest BCUT2D eigenvalue weighted by Crippen LogP contribution is 2.58. The van der Waals surface area contributed by atoms with Gasteiger partial charge in [-0.3, -0.25) is 23.4 Å². The standard InChI is InChI=1S/C39H51F2N3O10S/c1-6-25-20-38(25,36(48)43-55(49,50)54-26-7-8-26)21-32(45)31-18-28(52-34-29-10-9-27(51-5)17-24(29)13-16-42-34)22-44(31)35(47)30(19-33(46)53-37(2,3)4)23-11-14-39(40,41)15-12-23/h9-10,13,16-17,23,25-26,28,30-31H,6-8,11-12,14-15,18-22H2,1-5H3,(H,43,48)/t25-,28-,30-,31+,38-/m1/s1. The first-order chi connectivity index (χ1) is 25.8. The number of alkyl halides is 2. The largest absolute Gasteiger partial charge is 0.497 e. The molecule has 0 bridgehead atoms. The van der Waals surface area contributed by atoms with Crippen molar-refractivity contribution in [1.82, 2.24) is 14.6 Å². The zero-order chi connectivity index (χ0) is 39.9. The second-order valence-electron chi connectivity index (χ2n) is 16.6. The van der Waals surface area contributed by atoms with Gasteiger partial charge < -0.3 is 19.1 Å². The third-order valence-corrected chi connectivity index (χ3v) is 12.2. The number of Topliss-reactive ketones (excluding diaryl/α,β-unsaturated/α-hetero) is 1. The highest BCUT2D eigenvalue weighted by molar-refractivity contribution is 7.85. The molecule has 1 saturated heterocycles. The van der Waals surface area contributed by atoms with E-state index in [0.29, 0.717) is 30.4 Å². The van der Waals surface area contributed by atoms with Gasteiger partial charge in [-0.1, -0.05) is 13.3 Å². The number of rotatable bonds is 15. The number of nitrogens with one attached hydrogen (secondary N) is 1. The first kappa shape index (κ1) is 40.7. The molecule has 2 aromatic rings. The number of carbonyl (C=O) groups excluding carboxylic acids is 4. The molecule has 2 heterocycles. The number of halogens is 2. The maximum atomic E-state index is 14.8. The molecule has 1 aromatic carbocycles. The molecule has 3 aliphatic carbocycles. The summed E-state index contributed by atoms with van der Waals surface area (Å²) < 4.78 is 78.3. The summed E-state index contributed by atoms with van der Waals surface area (Å²) in [4.78, 5) is 61.8. The lowest BCUT2D eigenvalue weighted by Gasteiger charge is -2.36. The number of esters is 1. The number of carbonyl (C=O) groups is 4. The topological polar surface area (TPSA) is 168 Å². The Morgan fingerprint density at radius 1 is 1.05 bits per heavy atom. The second-order valence-corrected chi connectivity index (χ2v) is 17.9. The van der Waals surface area contributed by atoms with Crippen molar-refractivity contribution in [2.45, 2.75) is 128 Å². The van der Waals surface area contributed by atoms with E-state index in [-0.39, 0.29) is 56.9 Å². The average molecular weight is 792 g/mol. The number of fused-ring (bicyclic) bond motifs is 1. The van der Waals surface area contributed by atoms with Gasteiger partial charge in [0.25, 0.3) is 0 Å². The number of ether oxygens (including phenoxy) is 3. The van der Waals surface area contributed by atoms with Crippen molar-refractivity contribution in [3.8, 4) is 11.6 Å². The van der Waals surface area contributed by atoms with Gasteiger partial charge >= 0.3 is 16.3 Å². The van der Waals surface area contributed by atoms with Crippen LogP contribution in [0.1, 0.15) is 98.3 Å². The minimum atomic E-state index is -4.40. The number of ketones is 1. The fourth-order valence-electron chi connectivity index (χ4n) is 8.14.